The van der Waals surface area contributed by atoms with Crippen molar-refractivity contribution < 1.29 is 0 Å². The van der Waals surface area contributed by atoms with Crippen molar-refractivity contribution in [1.29, 1.82) is 0 Å². The molecule has 0 fully saturated rings. The Morgan fingerprint density at radius 3 is 2.22 bits per heavy atom. The standard InChI is InChI=1S/C5H8N4/c6-3-1-2-4(7)9-5(3)8/h1-2H,6H2,(H4,7,8,9). The Bertz CT molecular complexity index is 220. The lowest BCUT2D eigenvalue weighted by Gasteiger charge is -1.97. The van der Waals surface area contributed by atoms with Gasteiger partial charge in [0, 0.05) is 0 Å². The van der Waals surface area contributed by atoms with Gasteiger partial charge < -0.3 is 17.2 Å². The fourth-order valence-corrected chi connectivity index (χ4v) is 0.501. The molecule has 1 rings (SSSR count). The lowest BCUT2D eigenvalue weighted by atomic mass is 10.4. The molecular weight excluding hydrogens is 116 g/mol. The molecule has 0 spiro atoms. The maximum absolute atomic E-state index is 5.35. The van der Waals surface area contributed by atoms with Crippen molar-refractivity contribution in [2.75, 3.05) is 17.2 Å². The van der Waals surface area contributed by atoms with Gasteiger partial charge in [0.25, 0.3) is 0 Å². The normalized spacial score (nSPS) is 9.33. The van der Waals surface area contributed by atoms with E-state index in [-0.39, 0.29) is 5.82 Å². The number of rotatable bonds is 0. The SMILES string of the molecule is Nc1ccc(N)c(N)n1. The van der Waals surface area contributed by atoms with Gasteiger partial charge in [0.2, 0.25) is 0 Å². The van der Waals surface area contributed by atoms with Gasteiger partial charge in [0.1, 0.15) is 11.6 Å². The summed E-state index contributed by atoms with van der Waals surface area (Å²) in [6, 6.07) is 3.23. The molecule has 0 radical (unpaired) electrons. The molecule has 1 heterocycles. The first-order valence-corrected chi connectivity index (χ1v) is 2.47. The minimum absolute atomic E-state index is 0.287. The zero-order valence-electron chi connectivity index (χ0n) is 4.83. The maximum Gasteiger partial charge on any atom is 0.149 e. The Hall–Kier alpha value is -1.45. The largest absolute Gasteiger partial charge is 0.396 e. The maximum atomic E-state index is 5.35. The number of pyridine rings is 1. The average molecular weight is 124 g/mol. The number of nitrogens with two attached hydrogens (primary N) is 3. The molecule has 0 aliphatic heterocycles. The molecule has 48 valence electrons. The molecule has 0 unspecified atom stereocenters. The average Bonchev–Trinajstić information content (AvgIpc) is 1.80. The molecule has 4 nitrogen and oxygen atoms in total. The van der Waals surface area contributed by atoms with E-state index in [1.807, 2.05) is 0 Å². The predicted molar refractivity (Wildman–Crippen MR) is 37.5 cm³/mol. The van der Waals surface area contributed by atoms with Gasteiger partial charge in [-0.3, -0.25) is 0 Å². The highest BCUT2D eigenvalue weighted by Crippen LogP contribution is 2.11. The van der Waals surface area contributed by atoms with E-state index in [1.165, 1.54) is 0 Å². The molecule has 0 aliphatic rings. The highest BCUT2D eigenvalue weighted by atomic mass is 14.9. The van der Waals surface area contributed by atoms with E-state index in [0.29, 0.717) is 11.5 Å². The highest BCUT2D eigenvalue weighted by Gasteiger charge is 1.92. The summed E-state index contributed by atoms with van der Waals surface area (Å²) in [6.45, 7) is 0. The van der Waals surface area contributed by atoms with Gasteiger partial charge in [-0.15, -0.1) is 0 Å². The number of hydrogen-bond donors (Lipinski definition) is 3. The van der Waals surface area contributed by atoms with Gasteiger partial charge in [0.15, 0.2) is 0 Å². The van der Waals surface area contributed by atoms with Crippen molar-refractivity contribution in [2.45, 2.75) is 0 Å². The third-order valence-electron chi connectivity index (χ3n) is 0.979. The number of anilines is 3. The first-order valence-electron chi connectivity index (χ1n) is 2.47. The van der Waals surface area contributed by atoms with E-state index < -0.39 is 0 Å². The van der Waals surface area contributed by atoms with E-state index in [0.717, 1.165) is 0 Å². The van der Waals surface area contributed by atoms with Crippen molar-refractivity contribution in [3.05, 3.63) is 12.1 Å². The molecular formula is C5H8N4. The van der Waals surface area contributed by atoms with E-state index in [2.05, 4.69) is 4.98 Å². The van der Waals surface area contributed by atoms with Crippen LogP contribution in [0.2, 0.25) is 0 Å². The van der Waals surface area contributed by atoms with Crippen molar-refractivity contribution >= 4 is 17.3 Å². The molecule has 6 N–H and O–H groups in total. The third kappa shape index (κ3) is 1.02. The Morgan fingerprint density at radius 2 is 1.78 bits per heavy atom. The Kier molecular flexibility index (Phi) is 1.14. The second-order valence-electron chi connectivity index (χ2n) is 1.71. The van der Waals surface area contributed by atoms with Crippen LogP contribution in [0.15, 0.2) is 12.1 Å². The zero-order chi connectivity index (χ0) is 6.85. The summed E-state index contributed by atoms with van der Waals surface area (Å²) in [5, 5.41) is 0. The third-order valence-corrected chi connectivity index (χ3v) is 0.979. The van der Waals surface area contributed by atoms with Crippen molar-refractivity contribution in [3.63, 3.8) is 0 Å². The summed E-state index contributed by atoms with van der Waals surface area (Å²) in [5.74, 6) is 0.678. The number of aromatic nitrogens is 1. The van der Waals surface area contributed by atoms with Crippen LogP contribution in [0.5, 0.6) is 0 Å². The molecule has 0 saturated carbocycles. The molecule has 0 amide bonds. The molecule has 0 aromatic carbocycles. The van der Waals surface area contributed by atoms with Gasteiger partial charge in [0.05, 0.1) is 5.69 Å². The van der Waals surface area contributed by atoms with Crippen LogP contribution in [-0.2, 0) is 0 Å². The summed E-state index contributed by atoms with van der Waals surface area (Å²) in [5.41, 5.74) is 16.4. The van der Waals surface area contributed by atoms with Crippen molar-refractivity contribution in [2.24, 2.45) is 0 Å². The lowest BCUT2D eigenvalue weighted by Crippen LogP contribution is -1.99. The van der Waals surface area contributed by atoms with Crippen LogP contribution in [0.3, 0.4) is 0 Å². The summed E-state index contributed by atoms with van der Waals surface area (Å²) >= 11 is 0. The van der Waals surface area contributed by atoms with Crippen molar-refractivity contribution in [3.8, 4) is 0 Å². The monoisotopic (exact) mass is 124 g/mol. The first-order chi connectivity index (χ1) is 4.20. The topological polar surface area (TPSA) is 91.0 Å². The zero-order valence-corrected chi connectivity index (χ0v) is 4.83. The fraction of sp³-hybridized carbons (Fsp3) is 0. The van der Waals surface area contributed by atoms with E-state index in [1.54, 1.807) is 12.1 Å². The van der Waals surface area contributed by atoms with Crippen LogP contribution in [0.1, 0.15) is 0 Å². The Balaban J connectivity index is 3.17. The molecule has 0 saturated heterocycles. The number of nitrogen functional groups attached to an aromatic ring is 3. The predicted octanol–water partition coefficient (Wildman–Crippen LogP) is -0.172. The smallest absolute Gasteiger partial charge is 0.149 e. The molecule has 9 heavy (non-hydrogen) atoms. The Labute approximate surface area is 52.7 Å². The molecule has 0 aliphatic carbocycles. The summed E-state index contributed by atoms with van der Waals surface area (Å²) in [7, 11) is 0. The quantitative estimate of drug-likeness (QED) is 0.447. The van der Waals surface area contributed by atoms with E-state index >= 15 is 0 Å². The van der Waals surface area contributed by atoms with Crippen molar-refractivity contribution in [1.82, 2.24) is 4.98 Å². The van der Waals surface area contributed by atoms with Crippen LogP contribution < -0.4 is 17.2 Å². The van der Waals surface area contributed by atoms with Crippen LogP contribution >= 0.6 is 0 Å². The minimum atomic E-state index is 0.287. The number of nitrogens with zero attached hydrogens (tertiary/aromatic N) is 1. The molecule has 1 aromatic rings. The van der Waals surface area contributed by atoms with Gasteiger partial charge in [-0.1, -0.05) is 0 Å². The fourth-order valence-electron chi connectivity index (χ4n) is 0.501. The molecule has 1 aromatic heterocycles. The van der Waals surface area contributed by atoms with Gasteiger partial charge in [-0.2, -0.15) is 0 Å². The first kappa shape index (κ1) is 5.68. The van der Waals surface area contributed by atoms with Gasteiger partial charge in [-0.25, -0.2) is 4.98 Å². The summed E-state index contributed by atoms with van der Waals surface area (Å²) in [6.07, 6.45) is 0. The van der Waals surface area contributed by atoms with Gasteiger partial charge in [-0.05, 0) is 12.1 Å². The van der Waals surface area contributed by atoms with Crippen LogP contribution in [0.25, 0.3) is 0 Å². The highest BCUT2D eigenvalue weighted by molar-refractivity contribution is 5.60. The second kappa shape index (κ2) is 1.81. The van der Waals surface area contributed by atoms with Gasteiger partial charge >= 0.3 is 0 Å². The minimum Gasteiger partial charge on any atom is -0.396 e. The van der Waals surface area contributed by atoms with Crippen LogP contribution in [-0.4, -0.2) is 4.98 Å². The van der Waals surface area contributed by atoms with Crippen LogP contribution in [0.4, 0.5) is 17.3 Å². The molecule has 0 atom stereocenters. The second-order valence-corrected chi connectivity index (χ2v) is 1.71. The molecule has 0 bridgehead atoms. The number of hydrogen-bond acceptors (Lipinski definition) is 4. The lowest BCUT2D eigenvalue weighted by molar-refractivity contribution is 1.35. The Morgan fingerprint density at radius 1 is 1.11 bits per heavy atom. The molecule has 4 heteroatoms. The van der Waals surface area contributed by atoms with E-state index in [9.17, 15) is 0 Å². The summed E-state index contributed by atoms with van der Waals surface area (Å²) in [4.78, 5) is 3.70. The van der Waals surface area contributed by atoms with E-state index in [4.69, 9.17) is 17.2 Å². The van der Waals surface area contributed by atoms with Crippen LogP contribution in [0, 0.1) is 0 Å². The summed E-state index contributed by atoms with van der Waals surface area (Å²) < 4.78 is 0.